The fraction of sp³-hybridized carbons (Fsp3) is 0. The molecule has 0 spiro atoms. The van der Waals surface area contributed by atoms with Crippen LogP contribution in [0, 0.1) is 0 Å². The SMILES string of the molecule is O=C(O)c1nc2sccc2c(=O)[nH]1. The predicted molar refractivity (Wildman–Crippen MR) is 47.2 cm³/mol. The smallest absolute Gasteiger partial charge is 0.372 e. The fourth-order valence-electron chi connectivity index (χ4n) is 0.966. The first-order chi connectivity index (χ1) is 6.18. The van der Waals surface area contributed by atoms with Crippen molar-refractivity contribution in [2.24, 2.45) is 0 Å². The van der Waals surface area contributed by atoms with Gasteiger partial charge in [-0.05, 0) is 11.4 Å². The van der Waals surface area contributed by atoms with Gasteiger partial charge in [0.15, 0.2) is 0 Å². The Balaban J connectivity index is 2.85. The van der Waals surface area contributed by atoms with Crippen LogP contribution in [0.15, 0.2) is 16.2 Å². The van der Waals surface area contributed by atoms with Crippen molar-refractivity contribution in [3.05, 3.63) is 27.6 Å². The van der Waals surface area contributed by atoms with E-state index in [0.717, 1.165) is 0 Å². The second kappa shape index (κ2) is 2.67. The van der Waals surface area contributed by atoms with Crippen molar-refractivity contribution in [3.8, 4) is 0 Å². The maximum Gasteiger partial charge on any atom is 0.372 e. The molecule has 13 heavy (non-hydrogen) atoms. The zero-order valence-electron chi connectivity index (χ0n) is 6.27. The van der Waals surface area contributed by atoms with Crippen molar-refractivity contribution < 1.29 is 9.90 Å². The van der Waals surface area contributed by atoms with Crippen molar-refractivity contribution >= 4 is 27.5 Å². The van der Waals surface area contributed by atoms with Crippen molar-refractivity contribution in [1.29, 1.82) is 0 Å². The number of hydrogen-bond acceptors (Lipinski definition) is 4. The molecule has 2 aromatic heterocycles. The van der Waals surface area contributed by atoms with Gasteiger partial charge in [-0.1, -0.05) is 0 Å². The Bertz CT molecular complexity index is 528. The van der Waals surface area contributed by atoms with Gasteiger partial charge < -0.3 is 10.1 Å². The minimum atomic E-state index is -1.23. The van der Waals surface area contributed by atoms with Crippen LogP contribution in [0.1, 0.15) is 10.6 Å². The number of nitrogens with zero attached hydrogens (tertiary/aromatic N) is 1. The molecule has 0 saturated carbocycles. The molecule has 0 bridgehead atoms. The molecule has 2 N–H and O–H groups in total. The minimum absolute atomic E-state index is 0.319. The first-order valence-corrected chi connectivity index (χ1v) is 4.27. The third-order valence-electron chi connectivity index (χ3n) is 1.54. The van der Waals surface area contributed by atoms with Crippen LogP contribution < -0.4 is 5.56 Å². The molecular weight excluding hydrogens is 192 g/mol. The Morgan fingerprint density at radius 2 is 2.38 bits per heavy atom. The molecule has 2 rings (SSSR count). The number of carbonyl (C=O) groups is 1. The summed E-state index contributed by atoms with van der Waals surface area (Å²) >= 11 is 1.24. The number of fused-ring (bicyclic) bond motifs is 1. The van der Waals surface area contributed by atoms with Gasteiger partial charge in [-0.25, -0.2) is 9.78 Å². The van der Waals surface area contributed by atoms with Gasteiger partial charge in [0.25, 0.3) is 5.56 Å². The summed E-state index contributed by atoms with van der Waals surface area (Å²) in [5, 5.41) is 10.7. The van der Waals surface area contributed by atoms with Crippen LogP contribution >= 0.6 is 11.3 Å². The summed E-state index contributed by atoms with van der Waals surface area (Å²) in [4.78, 5) is 28.1. The number of hydrogen-bond donors (Lipinski definition) is 2. The highest BCUT2D eigenvalue weighted by atomic mass is 32.1. The van der Waals surface area contributed by atoms with Crippen molar-refractivity contribution in [2.75, 3.05) is 0 Å². The minimum Gasteiger partial charge on any atom is -0.475 e. The maximum absolute atomic E-state index is 11.2. The van der Waals surface area contributed by atoms with E-state index in [-0.39, 0.29) is 5.82 Å². The first-order valence-electron chi connectivity index (χ1n) is 3.39. The van der Waals surface area contributed by atoms with Crippen molar-refractivity contribution in [3.63, 3.8) is 0 Å². The summed E-state index contributed by atoms with van der Waals surface area (Å²) in [6, 6.07) is 1.61. The molecule has 0 unspecified atom stereocenters. The largest absolute Gasteiger partial charge is 0.475 e. The average Bonchev–Trinajstić information content (AvgIpc) is 2.51. The molecule has 5 nitrogen and oxygen atoms in total. The number of aromatic carboxylic acids is 1. The molecule has 2 heterocycles. The van der Waals surface area contributed by atoms with Gasteiger partial charge in [0.2, 0.25) is 5.82 Å². The Morgan fingerprint density at radius 1 is 1.62 bits per heavy atom. The summed E-state index contributed by atoms with van der Waals surface area (Å²) in [5.41, 5.74) is -0.413. The van der Waals surface area contributed by atoms with E-state index in [1.807, 2.05) is 0 Å². The normalized spacial score (nSPS) is 10.5. The van der Waals surface area contributed by atoms with E-state index >= 15 is 0 Å². The van der Waals surface area contributed by atoms with Crippen LogP contribution in [0.5, 0.6) is 0 Å². The molecule has 0 aliphatic carbocycles. The van der Waals surface area contributed by atoms with Gasteiger partial charge in [-0.15, -0.1) is 11.3 Å². The van der Waals surface area contributed by atoms with Crippen LogP contribution in [-0.2, 0) is 0 Å². The first kappa shape index (κ1) is 7.93. The highest BCUT2D eigenvalue weighted by Crippen LogP contribution is 2.13. The van der Waals surface area contributed by atoms with Crippen LogP contribution in [-0.4, -0.2) is 21.0 Å². The molecule has 2 aromatic rings. The lowest BCUT2D eigenvalue weighted by molar-refractivity contribution is 0.0683. The molecule has 0 atom stereocenters. The molecule has 0 amide bonds. The molecule has 0 aliphatic heterocycles. The van der Waals surface area contributed by atoms with Gasteiger partial charge in [0.1, 0.15) is 4.83 Å². The fourth-order valence-corrected chi connectivity index (χ4v) is 1.73. The van der Waals surface area contributed by atoms with E-state index in [1.54, 1.807) is 11.4 Å². The number of carboxylic acids is 1. The van der Waals surface area contributed by atoms with Gasteiger partial charge in [0, 0.05) is 0 Å². The van der Waals surface area contributed by atoms with E-state index in [9.17, 15) is 9.59 Å². The van der Waals surface area contributed by atoms with Crippen molar-refractivity contribution in [1.82, 2.24) is 9.97 Å². The summed E-state index contributed by atoms with van der Waals surface area (Å²) < 4.78 is 0. The summed E-state index contributed by atoms with van der Waals surface area (Å²) in [5.74, 6) is -1.55. The number of thiophene rings is 1. The number of H-pyrrole nitrogens is 1. The van der Waals surface area contributed by atoms with E-state index in [1.165, 1.54) is 11.3 Å². The number of nitrogens with one attached hydrogen (secondary N) is 1. The monoisotopic (exact) mass is 196 g/mol. The van der Waals surface area contributed by atoms with Gasteiger partial charge in [-0.2, -0.15) is 0 Å². The van der Waals surface area contributed by atoms with Crippen LogP contribution in [0.25, 0.3) is 10.2 Å². The van der Waals surface area contributed by atoms with Gasteiger partial charge >= 0.3 is 5.97 Å². The van der Waals surface area contributed by atoms with Crippen LogP contribution in [0.3, 0.4) is 0 Å². The van der Waals surface area contributed by atoms with E-state index in [0.29, 0.717) is 10.2 Å². The second-order valence-corrected chi connectivity index (χ2v) is 3.25. The zero-order chi connectivity index (χ0) is 9.42. The van der Waals surface area contributed by atoms with Crippen LogP contribution in [0.2, 0.25) is 0 Å². The standard InChI is InChI=1S/C7H4N2O3S/c10-5-3-1-2-13-6(3)9-4(8-5)7(11)12/h1-2H,(H,11,12)(H,8,9,10). The molecule has 0 radical (unpaired) electrons. The molecule has 0 saturated heterocycles. The third kappa shape index (κ3) is 1.20. The lowest BCUT2D eigenvalue weighted by Gasteiger charge is -1.92. The molecule has 66 valence electrons. The van der Waals surface area contributed by atoms with Gasteiger partial charge in [-0.3, -0.25) is 4.79 Å². The summed E-state index contributed by atoms with van der Waals surface area (Å²) in [6.07, 6.45) is 0. The Kier molecular flexibility index (Phi) is 1.63. The van der Waals surface area contributed by atoms with E-state index < -0.39 is 11.5 Å². The number of aromatic amines is 1. The number of aromatic nitrogens is 2. The maximum atomic E-state index is 11.2. The van der Waals surface area contributed by atoms with Crippen LogP contribution in [0.4, 0.5) is 0 Å². The Labute approximate surface area is 75.7 Å². The molecule has 6 heteroatoms. The molecular formula is C7H4N2O3S. The number of rotatable bonds is 1. The third-order valence-corrected chi connectivity index (χ3v) is 2.34. The highest BCUT2D eigenvalue weighted by Gasteiger charge is 2.09. The number of carboxylic acid groups (broad SMARTS) is 1. The lowest BCUT2D eigenvalue weighted by Crippen LogP contribution is -2.14. The molecule has 0 aromatic carbocycles. The Hall–Kier alpha value is -1.69. The zero-order valence-corrected chi connectivity index (χ0v) is 7.09. The molecule has 0 fully saturated rings. The summed E-state index contributed by atoms with van der Waals surface area (Å²) in [6.45, 7) is 0. The predicted octanol–water partition coefficient (Wildman–Crippen LogP) is 0.683. The lowest BCUT2D eigenvalue weighted by atomic mass is 10.4. The van der Waals surface area contributed by atoms with E-state index in [4.69, 9.17) is 5.11 Å². The average molecular weight is 196 g/mol. The molecule has 0 aliphatic rings. The van der Waals surface area contributed by atoms with E-state index in [2.05, 4.69) is 9.97 Å². The van der Waals surface area contributed by atoms with Gasteiger partial charge in [0.05, 0.1) is 5.39 Å². The highest BCUT2D eigenvalue weighted by molar-refractivity contribution is 7.16. The Morgan fingerprint density at radius 3 is 3.08 bits per heavy atom. The summed E-state index contributed by atoms with van der Waals surface area (Å²) in [7, 11) is 0. The van der Waals surface area contributed by atoms with Crippen molar-refractivity contribution in [2.45, 2.75) is 0 Å². The topological polar surface area (TPSA) is 83.0 Å². The quantitative estimate of drug-likeness (QED) is 0.702. The second-order valence-electron chi connectivity index (χ2n) is 2.36.